The van der Waals surface area contributed by atoms with Gasteiger partial charge in [0.2, 0.25) is 5.89 Å². The third-order valence-corrected chi connectivity index (χ3v) is 2.35. The van der Waals surface area contributed by atoms with Crippen molar-refractivity contribution in [3.8, 4) is 0 Å². The standard InChI is InChI=1S/C11H9F3N4O2/c1-5-17-18-10(20-5)9(19)16-8-3-2-6(4-7(8)15)11(12,13)14/h2-4H,15H2,1H3,(H,16,19). The molecule has 9 heteroatoms. The molecule has 0 bridgehead atoms. The SMILES string of the molecule is Cc1nnc(C(=O)Nc2ccc(C(F)(F)F)cc2N)o1. The Morgan fingerprint density at radius 1 is 1.35 bits per heavy atom. The second-order valence-corrected chi connectivity index (χ2v) is 3.88. The Bertz CT molecular complexity index is 651. The van der Waals surface area contributed by atoms with Gasteiger partial charge in [-0.1, -0.05) is 0 Å². The Morgan fingerprint density at radius 2 is 2.05 bits per heavy atom. The number of benzene rings is 1. The lowest BCUT2D eigenvalue weighted by molar-refractivity contribution is -0.137. The molecular weight excluding hydrogens is 277 g/mol. The highest BCUT2D eigenvalue weighted by molar-refractivity contribution is 6.02. The minimum atomic E-state index is -4.50. The van der Waals surface area contributed by atoms with Crippen LogP contribution in [-0.2, 0) is 6.18 Å². The Hall–Kier alpha value is -2.58. The quantitative estimate of drug-likeness (QED) is 0.825. The van der Waals surface area contributed by atoms with Gasteiger partial charge in [-0.2, -0.15) is 13.2 Å². The van der Waals surface area contributed by atoms with Gasteiger partial charge in [-0.15, -0.1) is 10.2 Å². The average Bonchev–Trinajstić information content (AvgIpc) is 2.77. The number of aryl methyl sites for hydroxylation is 1. The first-order valence-corrected chi connectivity index (χ1v) is 5.35. The number of nitrogens with two attached hydrogens (primary N) is 1. The van der Waals surface area contributed by atoms with Crippen LogP contribution in [-0.4, -0.2) is 16.1 Å². The third-order valence-electron chi connectivity index (χ3n) is 2.35. The van der Waals surface area contributed by atoms with Crippen LogP contribution in [0, 0.1) is 6.92 Å². The fourth-order valence-electron chi connectivity index (χ4n) is 1.42. The molecule has 0 unspecified atom stereocenters. The van der Waals surface area contributed by atoms with Crippen molar-refractivity contribution in [2.24, 2.45) is 0 Å². The molecule has 0 saturated heterocycles. The summed E-state index contributed by atoms with van der Waals surface area (Å²) in [7, 11) is 0. The number of carbonyl (C=O) groups is 1. The Labute approximate surface area is 110 Å². The number of hydrogen-bond donors (Lipinski definition) is 2. The summed E-state index contributed by atoms with van der Waals surface area (Å²) in [6, 6.07) is 2.60. The summed E-state index contributed by atoms with van der Waals surface area (Å²) in [5.41, 5.74) is 4.38. The maximum Gasteiger partial charge on any atom is 0.416 e. The fourth-order valence-corrected chi connectivity index (χ4v) is 1.42. The molecule has 1 aromatic heterocycles. The molecule has 0 spiro atoms. The van der Waals surface area contributed by atoms with Gasteiger partial charge in [-0.05, 0) is 18.2 Å². The highest BCUT2D eigenvalue weighted by Crippen LogP contribution is 2.32. The molecule has 2 rings (SSSR count). The van der Waals surface area contributed by atoms with Crippen LogP contribution in [0.1, 0.15) is 22.1 Å². The van der Waals surface area contributed by atoms with Gasteiger partial charge in [0.25, 0.3) is 0 Å². The van der Waals surface area contributed by atoms with E-state index in [-0.39, 0.29) is 23.2 Å². The third kappa shape index (κ3) is 2.87. The lowest BCUT2D eigenvalue weighted by Crippen LogP contribution is -2.14. The molecule has 1 heterocycles. The van der Waals surface area contributed by atoms with Crippen molar-refractivity contribution in [2.75, 3.05) is 11.1 Å². The van der Waals surface area contributed by atoms with E-state index in [1.807, 2.05) is 0 Å². The Morgan fingerprint density at radius 3 is 2.55 bits per heavy atom. The van der Waals surface area contributed by atoms with Gasteiger partial charge in [0, 0.05) is 6.92 Å². The van der Waals surface area contributed by atoms with Crippen LogP contribution in [0.15, 0.2) is 22.6 Å². The summed E-state index contributed by atoms with van der Waals surface area (Å²) in [5.74, 6) is -0.866. The first-order chi connectivity index (χ1) is 9.27. The predicted octanol–water partition coefficient (Wildman–Crippen LogP) is 2.23. The largest absolute Gasteiger partial charge is 0.417 e. The van der Waals surface area contributed by atoms with Crippen LogP contribution in [0.25, 0.3) is 0 Å². The molecule has 0 radical (unpaired) electrons. The number of alkyl halides is 3. The highest BCUT2D eigenvalue weighted by atomic mass is 19.4. The average molecular weight is 286 g/mol. The van der Waals surface area contributed by atoms with Crippen molar-refractivity contribution in [3.05, 3.63) is 35.5 Å². The summed E-state index contributed by atoms with van der Waals surface area (Å²) >= 11 is 0. The summed E-state index contributed by atoms with van der Waals surface area (Å²) in [4.78, 5) is 11.7. The van der Waals surface area contributed by atoms with Gasteiger partial charge in [-0.25, -0.2) is 0 Å². The van der Waals surface area contributed by atoms with Crippen LogP contribution in [0.4, 0.5) is 24.5 Å². The van der Waals surface area contributed by atoms with E-state index in [0.717, 1.165) is 18.2 Å². The zero-order valence-electron chi connectivity index (χ0n) is 10.2. The zero-order chi connectivity index (χ0) is 14.9. The topological polar surface area (TPSA) is 94.0 Å². The maximum absolute atomic E-state index is 12.5. The summed E-state index contributed by atoms with van der Waals surface area (Å²) in [6.07, 6.45) is -4.50. The molecule has 106 valence electrons. The van der Waals surface area contributed by atoms with Gasteiger partial charge < -0.3 is 15.5 Å². The molecule has 0 aliphatic heterocycles. The van der Waals surface area contributed by atoms with E-state index in [1.165, 1.54) is 6.92 Å². The fraction of sp³-hybridized carbons (Fsp3) is 0.182. The van der Waals surface area contributed by atoms with E-state index in [0.29, 0.717) is 0 Å². The number of hydrogen-bond acceptors (Lipinski definition) is 5. The van der Waals surface area contributed by atoms with Gasteiger partial charge in [0.05, 0.1) is 16.9 Å². The zero-order valence-corrected chi connectivity index (χ0v) is 10.2. The number of aromatic nitrogens is 2. The molecule has 20 heavy (non-hydrogen) atoms. The number of amides is 1. The van der Waals surface area contributed by atoms with Crippen molar-refractivity contribution in [1.82, 2.24) is 10.2 Å². The van der Waals surface area contributed by atoms with Gasteiger partial charge in [0.15, 0.2) is 0 Å². The molecule has 0 aliphatic carbocycles. The Balaban J connectivity index is 2.20. The number of carbonyl (C=O) groups excluding carboxylic acids is 1. The minimum Gasteiger partial charge on any atom is -0.417 e. The smallest absolute Gasteiger partial charge is 0.416 e. The van der Waals surface area contributed by atoms with Crippen LogP contribution in [0.2, 0.25) is 0 Å². The van der Waals surface area contributed by atoms with Crippen molar-refractivity contribution < 1.29 is 22.4 Å². The van der Waals surface area contributed by atoms with Crippen LogP contribution in [0.5, 0.6) is 0 Å². The number of nitrogen functional groups attached to an aromatic ring is 1. The van der Waals surface area contributed by atoms with Gasteiger partial charge >= 0.3 is 18.0 Å². The van der Waals surface area contributed by atoms with E-state index in [2.05, 4.69) is 15.5 Å². The lowest BCUT2D eigenvalue weighted by Gasteiger charge is -2.10. The second-order valence-electron chi connectivity index (χ2n) is 3.88. The van der Waals surface area contributed by atoms with Crippen molar-refractivity contribution in [1.29, 1.82) is 0 Å². The van der Waals surface area contributed by atoms with Crippen LogP contribution in [0.3, 0.4) is 0 Å². The maximum atomic E-state index is 12.5. The first-order valence-electron chi connectivity index (χ1n) is 5.35. The highest BCUT2D eigenvalue weighted by Gasteiger charge is 2.31. The second kappa shape index (κ2) is 4.83. The molecule has 0 saturated carbocycles. The molecule has 0 atom stereocenters. The summed E-state index contributed by atoms with van der Waals surface area (Å²) in [6.45, 7) is 1.50. The van der Waals surface area contributed by atoms with Crippen LogP contribution < -0.4 is 11.1 Å². The number of rotatable bonds is 2. The number of nitrogens with one attached hydrogen (secondary N) is 1. The molecule has 1 amide bonds. The number of halogens is 3. The molecular formula is C11H9F3N4O2. The molecule has 1 aromatic carbocycles. The predicted molar refractivity (Wildman–Crippen MR) is 62.8 cm³/mol. The van der Waals surface area contributed by atoms with Crippen molar-refractivity contribution in [2.45, 2.75) is 13.1 Å². The summed E-state index contributed by atoms with van der Waals surface area (Å²) < 4.78 is 42.2. The monoisotopic (exact) mass is 286 g/mol. The first kappa shape index (κ1) is 13.8. The van der Waals surface area contributed by atoms with Crippen molar-refractivity contribution in [3.63, 3.8) is 0 Å². The summed E-state index contributed by atoms with van der Waals surface area (Å²) in [5, 5.41) is 9.23. The van der Waals surface area contributed by atoms with Gasteiger partial charge in [-0.3, -0.25) is 4.79 Å². The number of anilines is 2. The van der Waals surface area contributed by atoms with E-state index >= 15 is 0 Å². The molecule has 0 fully saturated rings. The van der Waals surface area contributed by atoms with E-state index in [1.54, 1.807) is 0 Å². The van der Waals surface area contributed by atoms with E-state index in [4.69, 9.17) is 10.2 Å². The molecule has 0 aliphatic rings. The van der Waals surface area contributed by atoms with Crippen molar-refractivity contribution >= 4 is 17.3 Å². The van der Waals surface area contributed by atoms with Crippen LogP contribution >= 0.6 is 0 Å². The molecule has 2 aromatic rings. The molecule has 6 nitrogen and oxygen atoms in total. The number of nitrogens with zero attached hydrogens (tertiary/aromatic N) is 2. The van der Waals surface area contributed by atoms with E-state index in [9.17, 15) is 18.0 Å². The lowest BCUT2D eigenvalue weighted by atomic mass is 10.1. The Kier molecular flexibility index (Phi) is 3.35. The minimum absolute atomic E-state index is 0.0267. The van der Waals surface area contributed by atoms with E-state index < -0.39 is 17.6 Å². The normalized spacial score (nSPS) is 11.4. The van der Waals surface area contributed by atoms with Gasteiger partial charge in [0.1, 0.15) is 0 Å². The molecule has 3 N–H and O–H groups in total.